The van der Waals surface area contributed by atoms with Crippen molar-refractivity contribution in [2.24, 2.45) is 11.5 Å². The molecular formula is C12H11ClF2N4O. The molecule has 1 heterocycles. The Hall–Kier alpha value is -2.02. The van der Waals surface area contributed by atoms with Gasteiger partial charge in [0.25, 0.3) is 11.8 Å². The fourth-order valence-corrected chi connectivity index (χ4v) is 2.00. The standard InChI is InChI=1S/C12H11ClF2N4O/c1-5-2-7(16)6(3-12(5,14)15)9-10(11(17)20)18-4-8(13)19-9/h2,4H,3,16H2,1H3,(H2,17,20). The van der Waals surface area contributed by atoms with Gasteiger partial charge in [-0.3, -0.25) is 4.79 Å². The maximum absolute atomic E-state index is 13.8. The first kappa shape index (κ1) is 14.4. The van der Waals surface area contributed by atoms with Crippen molar-refractivity contribution in [3.63, 3.8) is 0 Å². The molecule has 0 aliphatic heterocycles. The van der Waals surface area contributed by atoms with Crippen molar-refractivity contribution in [1.29, 1.82) is 0 Å². The highest BCUT2D eigenvalue weighted by Gasteiger charge is 2.38. The quantitative estimate of drug-likeness (QED) is 0.872. The summed E-state index contributed by atoms with van der Waals surface area (Å²) in [5.41, 5.74) is 10.5. The minimum Gasteiger partial charge on any atom is -0.398 e. The molecule has 0 unspecified atom stereocenters. The van der Waals surface area contributed by atoms with Gasteiger partial charge in [0.15, 0.2) is 5.69 Å². The van der Waals surface area contributed by atoms with Crippen LogP contribution >= 0.6 is 11.6 Å². The van der Waals surface area contributed by atoms with Gasteiger partial charge in [-0.25, -0.2) is 18.7 Å². The fourth-order valence-electron chi connectivity index (χ4n) is 1.87. The van der Waals surface area contributed by atoms with Gasteiger partial charge in [-0.2, -0.15) is 0 Å². The maximum atomic E-state index is 13.8. The predicted molar refractivity (Wildman–Crippen MR) is 70.0 cm³/mol. The highest BCUT2D eigenvalue weighted by Crippen LogP contribution is 2.40. The summed E-state index contributed by atoms with van der Waals surface area (Å²) < 4.78 is 27.6. The normalized spacial score (nSPS) is 17.9. The summed E-state index contributed by atoms with van der Waals surface area (Å²) in [5.74, 6) is -3.96. The minimum atomic E-state index is -3.07. The second kappa shape index (κ2) is 4.82. The number of hydrogen-bond acceptors (Lipinski definition) is 4. The third-order valence-electron chi connectivity index (χ3n) is 2.96. The average molecular weight is 301 g/mol. The van der Waals surface area contributed by atoms with Gasteiger partial charge in [-0.15, -0.1) is 0 Å². The molecule has 0 atom stereocenters. The van der Waals surface area contributed by atoms with E-state index in [1.54, 1.807) is 0 Å². The van der Waals surface area contributed by atoms with Crippen LogP contribution in [-0.2, 0) is 0 Å². The first-order valence-electron chi connectivity index (χ1n) is 5.60. The van der Waals surface area contributed by atoms with E-state index in [4.69, 9.17) is 23.1 Å². The van der Waals surface area contributed by atoms with Crippen LogP contribution in [0.4, 0.5) is 8.78 Å². The van der Waals surface area contributed by atoms with E-state index in [0.29, 0.717) is 0 Å². The molecule has 4 N–H and O–H groups in total. The van der Waals surface area contributed by atoms with Gasteiger partial charge >= 0.3 is 0 Å². The zero-order valence-electron chi connectivity index (χ0n) is 10.5. The van der Waals surface area contributed by atoms with Gasteiger partial charge in [-0.05, 0) is 18.6 Å². The monoisotopic (exact) mass is 300 g/mol. The molecule has 1 aliphatic carbocycles. The number of nitrogens with two attached hydrogens (primary N) is 2. The van der Waals surface area contributed by atoms with E-state index in [1.165, 1.54) is 6.92 Å². The Labute approximate surface area is 118 Å². The molecule has 0 bridgehead atoms. The first-order chi connectivity index (χ1) is 9.22. The third kappa shape index (κ3) is 2.49. The number of rotatable bonds is 2. The summed E-state index contributed by atoms with van der Waals surface area (Å²) in [7, 11) is 0. The molecule has 20 heavy (non-hydrogen) atoms. The van der Waals surface area contributed by atoms with Crippen LogP contribution in [0.2, 0.25) is 5.15 Å². The number of amides is 1. The largest absolute Gasteiger partial charge is 0.398 e. The molecule has 1 aromatic rings. The Bertz CT molecular complexity index is 655. The molecule has 0 aromatic carbocycles. The van der Waals surface area contributed by atoms with Crippen molar-refractivity contribution in [3.05, 3.63) is 40.1 Å². The second-order valence-electron chi connectivity index (χ2n) is 4.40. The van der Waals surface area contributed by atoms with Crippen LogP contribution in [0.15, 0.2) is 23.5 Å². The molecule has 0 spiro atoms. The molecule has 106 valence electrons. The molecule has 0 radical (unpaired) electrons. The smallest absolute Gasteiger partial charge is 0.273 e. The molecule has 0 saturated heterocycles. The topological polar surface area (TPSA) is 94.9 Å². The summed E-state index contributed by atoms with van der Waals surface area (Å²) in [6, 6.07) is 0. The minimum absolute atomic E-state index is 0.00407. The van der Waals surface area contributed by atoms with E-state index in [1.807, 2.05) is 0 Å². The number of hydrogen-bond donors (Lipinski definition) is 2. The highest BCUT2D eigenvalue weighted by molar-refractivity contribution is 6.29. The lowest BCUT2D eigenvalue weighted by Gasteiger charge is -2.25. The molecule has 0 fully saturated rings. The lowest BCUT2D eigenvalue weighted by atomic mass is 9.90. The van der Waals surface area contributed by atoms with Crippen molar-refractivity contribution in [3.8, 4) is 0 Å². The van der Waals surface area contributed by atoms with Crippen LogP contribution in [0.5, 0.6) is 0 Å². The van der Waals surface area contributed by atoms with Crippen LogP contribution in [0.3, 0.4) is 0 Å². The number of carbonyl (C=O) groups is 1. The van der Waals surface area contributed by atoms with Crippen molar-refractivity contribution >= 4 is 23.1 Å². The third-order valence-corrected chi connectivity index (χ3v) is 3.14. The number of halogens is 3. The van der Waals surface area contributed by atoms with Crippen molar-refractivity contribution in [2.75, 3.05) is 0 Å². The van der Waals surface area contributed by atoms with Gasteiger partial charge in [0.2, 0.25) is 0 Å². The van der Waals surface area contributed by atoms with Crippen LogP contribution in [0.1, 0.15) is 29.5 Å². The van der Waals surface area contributed by atoms with Crippen LogP contribution in [-0.4, -0.2) is 21.8 Å². The van der Waals surface area contributed by atoms with Gasteiger partial charge in [0.05, 0.1) is 6.20 Å². The molecular weight excluding hydrogens is 290 g/mol. The lowest BCUT2D eigenvalue weighted by Crippen LogP contribution is -2.26. The molecule has 1 amide bonds. The molecule has 8 heteroatoms. The SMILES string of the molecule is CC1=CC(N)=C(c2nc(Cl)cnc2C(N)=O)CC1(F)F. The Morgan fingerprint density at radius 1 is 1.50 bits per heavy atom. The number of aromatic nitrogens is 2. The first-order valence-corrected chi connectivity index (χ1v) is 5.98. The summed E-state index contributed by atoms with van der Waals surface area (Å²) >= 11 is 5.70. The average Bonchev–Trinajstić information content (AvgIpc) is 2.33. The zero-order valence-corrected chi connectivity index (χ0v) is 11.2. The molecule has 5 nitrogen and oxygen atoms in total. The van der Waals surface area contributed by atoms with Crippen LogP contribution in [0.25, 0.3) is 5.57 Å². The van der Waals surface area contributed by atoms with Gasteiger partial charge in [-0.1, -0.05) is 11.6 Å². The second-order valence-corrected chi connectivity index (χ2v) is 4.78. The summed E-state index contributed by atoms with van der Waals surface area (Å²) in [4.78, 5) is 18.9. The summed E-state index contributed by atoms with van der Waals surface area (Å²) in [6.07, 6.45) is 1.58. The number of alkyl halides is 2. The number of nitrogens with zero attached hydrogens (tertiary/aromatic N) is 2. The highest BCUT2D eigenvalue weighted by atomic mass is 35.5. The van der Waals surface area contributed by atoms with E-state index in [0.717, 1.165) is 12.3 Å². The lowest BCUT2D eigenvalue weighted by molar-refractivity contribution is 0.0459. The number of allylic oxidation sites excluding steroid dienone is 3. The molecule has 0 saturated carbocycles. The van der Waals surface area contributed by atoms with Crippen LogP contribution < -0.4 is 11.5 Å². The van der Waals surface area contributed by atoms with Gasteiger partial charge in [0.1, 0.15) is 10.8 Å². The van der Waals surface area contributed by atoms with E-state index in [-0.39, 0.29) is 33.4 Å². The Morgan fingerprint density at radius 3 is 2.75 bits per heavy atom. The Balaban J connectivity index is 2.65. The van der Waals surface area contributed by atoms with E-state index in [9.17, 15) is 13.6 Å². The number of carbonyl (C=O) groups excluding carboxylic acids is 1. The van der Waals surface area contributed by atoms with E-state index < -0.39 is 18.3 Å². The number of primary amides is 1. The van der Waals surface area contributed by atoms with Gasteiger partial charge in [0, 0.05) is 17.7 Å². The van der Waals surface area contributed by atoms with Crippen molar-refractivity contribution in [2.45, 2.75) is 19.3 Å². The van der Waals surface area contributed by atoms with E-state index in [2.05, 4.69) is 9.97 Å². The van der Waals surface area contributed by atoms with Crippen molar-refractivity contribution < 1.29 is 13.6 Å². The molecule has 2 rings (SSSR count). The molecule has 1 aromatic heterocycles. The van der Waals surface area contributed by atoms with Gasteiger partial charge < -0.3 is 11.5 Å². The summed E-state index contributed by atoms with van der Waals surface area (Å²) in [5, 5.41) is -0.0418. The molecule has 1 aliphatic rings. The fraction of sp³-hybridized carbons (Fsp3) is 0.250. The maximum Gasteiger partial charge on any atom is 0.273 e. The zero-order chi connectivity index (χ0) is 15.1. The van der Waals surface area contributed by atoms with E-state index >= 15 is 0 Å². The predicted octanol–water partition coefficient (Wildman–Crippen LogP) is 1.88. The summed E-state index contributed by atoms with van der Waals surface area (Å²) in [6.45, 7) is 1.28. The van der Waals surface area contributed by atoms with Crippen molar-refractivity contribution in [1.82, 2.24) is 9.97 Å². The Morgan fingerprint density at radius 2 is 2.15 bits per heavy atom. The van der Waals surface area contributed by atoms with Crippen LogP contribution in [0, 0.1) is 0 Å². The Kier molecular flexibility index (Phi) is 3.47.